The number of nitrogens with zero attached hydrogens (tertiary/aromatic N) is 1. The zero-order valence-corrected chi connectivity index (χ0v) is 9.54. The van der Waals surface area contributed by atoms with Gasteiger partial charge in [0.05, 0.1) is 17.1 Å². The molecular formula is C11H13NO5. The molecule has 0 heterocycles. The number of hydrogen-bond donors (Lipinski definition) is 1. The number of ether oxygens (including phenoxy) is 1. The van der Waals surface area contributed by atoms with Crippen molar-refractivity contribution in [3.05, 3.63) is 33.9 Å². The molecule has 0 aliphatic heterocycles. The fourth-order valence-electron chi connectivity index (χ4n) is 1.17. The molecule has 1 N–H and O–H groups in total. The zero-order chi connectivity index (χ0) is 13.0. The first-order valence-electron chi connectivity index (χ1n) is 5.06. The Balaban J connectivity index is 3.07. The quantitative estimate of drug-likeness (QED) is 0.629. The van der Waals surface area contributed by atoms with Gasteiger partial charge in [-0.2, -0.15) is 0 Å². The summed E-state index contributed by atoms with van der Waals surface area (Å²) in [4.78, 5) is 20.9. The van der Waals surface area contributed by atoms with Gasteiger partial charge in [-0.25, -0.2) is 4.79 Å². The lowest BCUT2D eigenvalue weighted by atomic mass is 10.2. The van der Waals surface area contributed by atoms with E-state index in [9.17, 15) is 14.9 Å². The average molecular weight is 239 g/mol. The summed E-state index contributed by atoms with van der Waals surface area (Å²) in [6, 6.07) is 3.49. The van der Waals surface area contributed by atoms with E-state index >= 15 is 0 Å². The summed E-state index contributed by atoms with van der Waals surface area (Å²) < 4.78 is 5.25. The van der Waals surface area contributed by atoms with E-state index < -0.39 is 10.9 Å². The molecule has 0 spiro atoms. The number of carbonyl (C=O) groups is 1. The first-order valence-corrected chi connectivity index (χ1v) is 5.06. The van der Waals surface area contributed by atoms with Gasteiger partial charge < -0.3 is 9.84 Å². The Kier molecular flexibility index (Phi) is 4.03. The van der Waals surface area contributed by atoms with Gasteiger partial charge in [-0.1, -0.05) is 13.8 Å². The van der Waals surface area contributed by atoms with Crippen LogP contribution in [0.15, 0.2) is 18.2 Å². The maximum Gasteiger partial charge on any atom is 0.335 e. The van der Waals surface area contributed by atoms with Crippen molar-refractivity contribution in [3.8, 4) is 5.75 Å². The van der Waals surface area contributed by atoms with Crippen LogP contribution in [-0.2, 0) is 0 Å². The van der Waals surface area contributed by atoms with E-state index in [-0.39, 0.29) is 22.9 Å². The molecule has 92 valence electrons. The lowest BCUT2D eigenvalue weighted by Gasteiger charge is -2.09. The molecule has 1 rings (SSSR count). The Labute approximate surface area is 98.0 Å². The molecule has 0 aromatic heterocycles. The molecule has 6 nitrogen and oxygen atoms in total. The lowest BCUT2D eigenvalue weighted by molar-refractivity contribution is -0.385. The van der Waals surface area contributed by atoms with Crippen LogP contribution in [-0.4, -0.2) is 22.6 Å². The standard InChI is InChI=1S/C11H13NO5/c1-7(2)6-17-10-5-8(11(13)14)3-4-9(10)12(15)16/h3-5,7H,6H2,1-2H3,(H,13,14). The van der Waals surface area contributed by atoms with E-state index in [1.165, 1.54) is 12.1 Å². The Morgan fingerprint density at radius 1 is 1.53 bits per heavy atom. The van der Waals surface area contributed by atoms with Crippen molar-refractivity contribution in [2.45, 2.75) is 13.8 Å². The van der Waals surface area contributed by atoms with Crippen molar-refractivity contribution in [1.29, 1.82) is 0 Å². The van der Waals surface area contributed by atoms with Crippen LogP contribution in [0.3, 0.4) is 0 Å². The largest absolute Gasteiger partial charge is 0.487 e. The van der Waals surface area contributed by atoms with E-state index in [0.717, 1.165) is 6.07 Å². The van der Waals surface area contributed by atoms with Gasteiger partial charge >= 0.3 is 11.7 Å². The minimum absolute atomic E-state index is 0.0106. The second kappa shape index (κ2) is 5.29. The molecule has 0 unspecified atom stereocenters. The monoisotopic (exact) mass is 239 g/mol. The third-order valence-electron chi connectivity index (χ3n) is 1.98. The molecule has 1 aromatic rings. The summed E-state index contributed by atoms with van der Waals surface area (Å²) in [5.41, 5.74) is -0.259. The molecular weight excluding hydrogens is 226 g/mol. The fourth-order valence-corrected chi connectivity index (χ4v) is 1.17. The molecule has 1 aromatic carbocycles. The summed E-state index contributed by atoms with van der Waals surface area (Å²) in [5.74, 6) is -0.957. The average Bonchev–Trinajstić information content (AvgIpc) is 2.25. The summed E-state index contributed by atoms with van der Waals surface area (Å²) in [7, 11) is 0. The van der Waals surface area contributed by atoms with Gasteiger partial charge in [-0.3, -0.25) is 10.1 Å². The molecule has 0 saturated carbocycles. The molecule has 0 aliphatic carbocycles. The molecule has 17 heavy (non-hydrogen) atoms. The van der Waals surface area contributed by atoms with Crippen LogP contribution < -0.4 is 4.74 Å². The number of hydrogen-bond acceptors (Lipinski definition) is 4. The highest BCUT2D eigenvalue weighted by atomic mass is 16.6. The van der Waals surface area contributed by atoms with Gasteiger partial charge in [-0.05, 0) is 12.0 Å². The minimum Gasteiger partial charge on any atom is -0.487 e. The Hall–Kier alpha value is -2.11. The highest BCUT2D eigenvalue weighted by molar-refractivity contribution is 5.88. The topological polar surface area (TPSA) is 89.7 Å². The molecule has 0 saturated heterocycles. The lowest BCUT2D eigenvalue weighted by Crippen LogP contribution is -2.07. The number of aromatic carboxylic acids is 1. The third-order valence-corrected chi connectivity index (χ3v) is 1.98. The molecule has 0 aliphatic rings. The molecule has 0 radical (unpaired) electrons. The van der Waals surface area contributed by atoms with Gasteiger partial charge in [0.1, 0.15) is 0 Å². The predicted octanol–water partition coefficient (Wildman–Crippen LogP) is 2.33. The van der Waals surface area contributed by atoms with Crippen molar-refractivity contribution in [2.75, 3.05) is 6.61 Å². The number of nitro groups is 1. The van der Waals surface area contributed by atoms with Crippen molar-refractivity contribution in [2.24, 2.45) is 5.92 Å². The van der Waals surface area contributed by atoms with Crippen LogP contribution in [0, 0.1) is 16.0 Å². The smallest absolute Gasteiger partial charge is 0.335 e. The summed E-state index contributed by atoms with van der Waals surface area (Å²) in [5, 5.41) is 19.5. The van der Waals surface area contributed by atoms with Crippen molar-refractivity contribution < 1.29 is 19.6 Å². The van der Waals surface area contributed by atoms with E-state index in [2.05, 4.69) is 0 Å². The van der Waals surface area contributed by atoms with Crippen molar-refractivity contribution in [1.82, 2.24) is 0 Å². The van der Waals surface area contributed by atoms with Crippen LogP contribution in [0.2, 0.25) is 0 Å². The van der Waals surface area contributed by atoms with Crippen LogP contribution >= 0.6 is 0 Å². The van der Waals surface area contributed by atoms with E-state index in [1.54, 1.807) is 0 Å². The Bertz CT molecular complexity index is 441. The first-order chi connectivity index (χ1) is 7.91. The predicted molar refractivity (Wildman–Crippen MR) is 60.4 cm³/mol. The normalized spacial score (nSPS) is 10.3. The summed E-state index contributed by atoms with van der Waals surface area (Å²) >= 11 is 0. The van der Waals surface area contributed by atoms with E-state index in [1.807, 2.05) is 13.8 Å². The Morgan fingerprint density at radius 3 is 2.65 bits per heavy atom. The molecule has 6 heteroatoms. The van der Waals surface area contributed by atoms with Gasteiger partial charge in [0.25, 0.3) is 0 Å². The second-order valence-corrected chi connectivity index (χ2v) is 3.95. The maximum absolute atomic E-state index is 10.7. The van der Waals surface area contributed by atoms with E-state index in [0.29, 0.717) is 6.61 Å². The van der Waals surface area contributed by atoms with Gasteiger partial charge in [-0.15, -0.1) is 0 Å². The molecule has 0 atom stereocenters. The van der Waals surface area contributed by atoms with Gasteiger partial charge in [0, 0.05) is 12.1 Å². The fraction of sp³-hybridized carbons (Fsp3) is 0.364. The van der Waals surface area contributed by atoms with Gasteiger partial charge in [0.2, 0.25) is 0 Å². The SMILES string of the molecule is CC(C)COc1cc(C(=O)O)ccc1[N+](=O)[O-]. The number of rotatable bonds is 5. The first kappa shape index (κ1) is 13.0. The molecule has 0 fully saturated rings. The van der Waals surface area contributed by atoms with Crippen LogP contribution in [0.4, 0.5) is 5.69 Å². The second-order valence-electron chi connectivity index (χ2n) is 3.95. The van der Waals surface area contributed by atoms with Crippen molar-refractivity contribution in [3.63, 3.8) is 0 Å². The highest BCUT2D eigenvalue weighted by Gasteiger charge is 2.18. The zero-order valence-electron chi connectivity index (χ0n) is 9.54. The maximum atomic E-state index is 10.7. The van der Waals surface area contributed by atoms with E-state index in [4.69, 9.17) is 9.84 Å². The third kappa shape index (κ3) is 3.44. The van der Waals surface area contributed by atoms with Crippen LogP contribution in [0.25, 0.3) is 0 Å². The number of carboxylic acids is 1. The van der Waals surface area contributed by atoms with Crippen LogP contribution in [0.5, 0.6) is 5.75 Å². The van der Waals surface area contributed by atoms with Gasteiger partial charge in [0.15, 0.2) is 5.75 Å². The summed E-state index contributed by atoms with van der Waals surface area (Å²) in [6.07, 6.45) is 0. The molecule has 0 amide bonds. The highest BCUT2D eigenvalue weighted by Crippen LogP contribution is 2.28. The number of nitro benzene ring substituents is 1. The van der Waals surface area contributed by atoms with Crippen molar-refractivity contribution >= 4 is 11.7 Å². The summed E-state index contributed by atoms with van der Waals surface area (Å²) in [6.45, 7) is 4.09. The Morgan fingerprint density at radius 2 is 2.18 bits per heavy atom. The number of carboxylic acid groups (broad SMARTS) is 1. The molecule has 0 bridgehead atoms. The number of benzene rings is 1. The minimum atomic E-state index is -1.14. The van der Waals surface area contributed by atoms with Crippen LogP contribution in [0.1, 0.15) is 24.2 Å².